The Morgan fingerprint density at radius 3 is 2.06 bits per heavy atom. The smallest absolute Gasteiger partial charge is 0.408 e. The van der Waals surface area contributed by atoms with E-state index in [9.17, 15) is 14.4 Å². The maximum absolute atomic E-state index is 13.3. The van der Waals surface area contributed by atoms with E-state index >= 15 is 0 Å². The summed E-state index contributed by atoms with van der Waals surface area (Å²) >= 11 is 0. The minimum Gasteiger partial charge on any atom is -0.480 e. The highest BCUT2D eigenvalue weighted by atomic mass is 16.5. The first-order valence-corrected chi connectivity index (χ1v) is 11.8. The molecule has 1 heterocycles. The Morgan fingerprint density at radius 1 is 0.941 bits per heavy atom. The number of carbonyl (C=O) groups is 3. The summed E-state index contributed by atoms with van der Waals surface area (Å²) in [5, 5.41) is 11.9. The van der Waals surface area contributed by atoms with E-state index in [1.54, 1.807) is 4.90 Å². The Hall–Kier alpha value is -3.39. The van der Waals surface area contributed by atoms with Gasteiger partial charge in [-0.1, -0.05) is 48.5 Å². The van der Waals surface area contributed by atoms with Crippen LogP contribution in [0.4, 0.5) is 4.79 Å². The molecule has 0 radical (unpaired) electrons. The van der Waals surface area contributed by atoms with Crippen LogP contribution in [0, 0.1) is 0 Å². The lowest BCUT2D eigenvalue weighted by atomic mass is 9.75. The summed E-state index contributed by atoms with van der Waals surface area (Å²) in [5.41, 5.74) is 3.70. The molecule has 0 unspecified atom stereocenters. The number of ether oxygens (including phenoxy) is 1. The first-order valence-electron chi connectivity index (χ1n) is 11.8. The maximum Gasteiger partial charge on any atom is 0.408 e. The molecule has 0 bridgehead atoms. The summed E-state index contributed by atoms with van der Waals surface area (Å²) in [6.45, 7) is 2.13. The van der Waals surface area contributed by atoms with Crippen molar-refractivity contribution in [2.45, 2.75) is 30.7 Å². The zero-order valence-corrected chi connectivity index (χ0v) is 19.0. The molecule has 0 aromatic heterocycles. The lowest BCUT2D eigenvalue weighted by Gasteiger charge is -2.45. The minimum absolute atomic E-state index is 0.0226. The van der Waals surface area contributed by atoms with Crippen molar-refractivity contribution in [3.63, 3.8) is 0 Å². The number of hydrogen-bond acceptors (Lipinski definition) is 5. The van der Waals surface area contributed by atoms with Crippen LogP contribution in [0.15, 0.2) is 48.5 Å². The van der Waals surface area contributed by atoms with Gasteiger partial charge in [-0.25, -0.2) is 4.79 Å². The zero-order chi connectivity index (χ0) is 23.7. The van der Waals surface area contributed by atoms with Gasteiger partial charge >= 0.3 is 12.1 Å². The Balaban J connectivity index is 1.21. The highest BCUT2D eigenvalue weighted by molar-refractivity contribution is 5.91. The van der Waals surface area contributed by atoms with Gasteiger partial charge in [-0.3, -0.25) is 14.5 Å². The fourth-order valence-corrected chi connectivity index (χ4v) is 5.36. The first-order chi connectivity index (χ1) is 16.5. The Morgan fingerprint density at radius 2 is 1.53 bits per heavy atom. The molecule has 2 aliphatic carbocycles. The number of fused-ring (bicyclic) bond motifs is 3. The highest BCUT2D eigenvalue weighted by Gasteiger charge is 2.48. The quantitative estimate of drug-likeness (QED) is 0.684. The number of aliphatic carboxylic acids is 1. The molecule has 34 heavy (non-hydrogen) atoms. The van der Waals surface area contributed by atoms with Gasteiger partial charge in [-0.05, 0) is 41.5 Å². The van der Waals surface area contributed by atoms with Crippen LogP contribution >= 0.6 is 0 Å². The van der Waals surface area contributed by atoms with Crippen molar-refractivity contribution < 1.29 is 24.2 Å². The molecule has 178 valence electrons. The van der Waals surface area contributed by atoms with Crippen molar-refractivity contribution >= 4 is 18.0 Å². The Labute approximate surface area is 198 Å². The predicted molar refractivity (Wildman–Crippen MR) is 125 cm³/mol. The van der Waals surface area contributed by atoms with Gasteiger partial charge in [0.2, 0.25) is 5.91 Å². The van der Waals surface area contributed by atoms with E-state index in [0.717, 1.165) is 17.5 Å². The minimum atomic E-state index is -0.919. The second-order valence-electron chi connectivity index (χ2n) is 9.35. The molecule has 0 spiro atoms. The van der Waals surface area contributed by atoms with Crippen molar-refractivity contribution in [2.24, 2.45) is 0 Å². The number of amides is 2. The van der Waals surface area contributed by atoms with Crippen LogP contribution in [-0.2, 0) is 14.3 Å². The van der Waals surface area contributed by atoms with Gasteiger partial charge in [-0.2, -0.15) is 0 Å². The van der Waals surface area contributed by atoms with Gasteiger partial charge in [0.05, 0.1) is 6.54 Å². The van der Waals surface area contributed by atoms with E-state index in [1.807, 2.05) is 29.2 Å². The Bertz CT molecular complexity index is 1060. The lowest BCUT2D eigenvalue weighted by Crippen LogP contribution is -2.65. The van der Waals surface area contributed by atoms with Crippen LogP contribution < -0.4 is 5.32 Å². The second-order valence-corrected chi connectivity index (χ2v) is 9.35. The molecular weight excluding hydrogens is 434 g/mol. The number of rotatable bonds is 6. The molecule has 8 heteroatoms. The van der Waals surface area contributed by atoms with E-state index in [4.69, 9.17) is 9.84 Å². The van der Waals surface area contributed by atoms with Crippen molar-refractivity contribution in [1.29, 1.82) is 0 Å². The van der Waals surface area contributed by atoms with Gasteiger partial charge in [0, 0.05) is 32.1 Å². The number of carbonyl (C=O) groups excluding carboxylic acids is 2. The van der Waals surface area contributed by atoms with Crippen molar-refractivity contribution in [3.8, 4) is 11.1 Å². The summed E-state index contributed by atoms with van der Waals surface area (Å²) in [5.74, 6) is -0.997. The number of hydrogen-bond donors (Lipinski definition) is 2. The van der Waals surface area contributed by atoms with Gasteiger partial charge < -0.3 is 20.1 Å². The maximum atomic E-state index is 13.3. The number of carboxylic acids is 1. The van der Waals surface area contributed by atoms with E-state index in [-0.39, 0.29) is 25.0 Å². The van der Waals surface area contributed by atoms with Gasteiger partial charge in [0.25, 0.3) is 0 Å². The van der Waals surface area contributed by atoms with Crippen LogP contribution in [0.25, 0.3) is 11.1 Å². The zero-order valence-electron chi connectivity index (χ0n) is 19.0. The molecule has 3 aliphatic rings. The molecule has 1 saturated heterocycles. The molecule has 1 saturated carbocycles. The normalized spacial score (nSPS) is 19.0. The number of nitrogens with zero attached hydrogens (tertiary/aromatic N) is 2. The van der Waals surface area contributed by atoms with E-state index in [1.165, 1.54) is 11.1 Å². The van der Waals surface area contributed by atoms with Crippen LogP contribution in [0.1, 0.15) is 36.3 Å². The van der Waals surface area contributed by atoms with Crippen LogP contribution in [0.2, 0.25) is 0 Å². The Kier molecular flexibility index (Phi) is 6.00. The number of alkyl carbamates (subject to hydrolysis) is 1. The van der Waals surface area contributed by atoms with E-state index in [0.29, 0.717) is 39.0 Å². The fraction of sp³-hybridized carbons (Fsp3) is 0.423. The molecule has 5 rings (SSSR count). The molecule has 2 N–H and O–H groups in total. The predicted octanol–water partition coefficient (Wildman–Crippen LogP) is 2.68. The SMILES string of the molecule is O=C(O)CN1CCN(C(=O)C2(NC(=O)OCC3c4ccccc4-c4ccccc43)CCC2)CC1. The van der Waals surface area contributed by atoms with Crippen LogP contribution in [0.5, 0.6) is 0 Å². The second kappa shape index (κ2) is 9.10. The molecule has 2 aromatic carbocycles. The van der Waals surface area contributed by atoms with Crippen molar-refractivity contribution in [1.82, 2.24) is 15.1 Å². The number of nitrogens with one attached hydrogen (secondary N) is 1. The summed E-state index contributed by atoms with van der Waals surface area (Å²) < 4.78 is 5.68. The molecule has 2 amide bonds. The molecule has 2 aromatic rings. The van der Waals surface area contributed by atoms with Crippen molar-refractivity contribution in [2.75, 3.05) is 39.3 Å². The third-order valence-electron chi connectivity index (χ3n) is 7.32. The van der Waals surface area contributed by atoms with Gasteiger partial charge in [0.1, 0.15) is 12.1 Å². The largest absolute Gasteiger partial charge is 0.480 e. The monoisotopic (exact) mass is 463 g/mol. The molecule has 0 atom stereocenters. The highest BCUT2D eigenvalue weighted by Crippen LogP contribution is 2.44. The number of benzene rings is 2. The molecule has 2 fully saturated rings. The third-order valence-corrected chi connectivity index (χ3v) is 7.32. The molecule has 1 aliphatic heterocycles. The summed E-state index contributed by atoms with van der Waals surface area (Å²) in [4.78, 5) is 40.6. The average Bonchev–Trinajstić information content (AvgIpc) is 3.13. The van der Waals surface area contributed by atoms with Gasteiger partial charge in [-0.15, -0.1) is 0 Å². The van der Waals surface area contributed by atoms with E-state index < -0.39 is 17.6 Å². The number of carboxylic acid groups (broad SMARTS) is 1. The van der Waals surface area contributed by atoms with Crippen molar-refractivity contribution in [3.05, 3.63) is 59.7 Å². The summed E-state index contributed by atoms with van der Waals surface area (Å²) in [6.07, 6.45) is 1.48. The first kappa shape index (κ1) is 22.4. The van der Waals surface area contributed by atoms with Gasteiger partial charge in [0.15, 0.2) is 0 Å². The molecule has 8 nitrogen and oxygen atoms in total. The van der Waals surface area contributed by atoms with Crippen LogP contribution in [-0.4, -0.2) is 77.7 Å². The number of piperazine rings is 1. The summed E-state index contributed by atoms with van der Waals surface area (Å²) in [6, 6.07) is 16.3. The average molecular weight is 464 g/mol. The molecular formula is C26H29N3O5. The van der Waals surface area contributed by atoms with E-state index in [2.05, 4.69) is 29.6 Å². The summed E-state index contributed by atoms with van der Waals surface area (Å²) in [7, 11) is 0. The lowest BCUT2D eigenvalue weighted by molar-refractivity contribution is -0.144. The topological polar surface area (TPSA) is 99.2 Å². The standard InChI is InChI=1S/C26H29N3O5/c30-23(31)16-28-12-14-29(15-13-28)24(32)26(10-5-11-26)27-25(33)34-17-22-20-8-3-1-6-18(20)19-7-2-4-9-21(19)22/h1-4,6-9,22H,5,10-17H2,(H,27,33)(H,30,31). The third kappa shape index (κ3) is 4.14. The fourth-order valence-electron chi connectivity index (χ4n) is 5.36. The van der Waals surface area contributed by atoms with Crippen LogP contribution in [0.3, 0.4) is 0 Å².